The lowest BCUT2D eigenvalue weighted by Crippen LogP contribution is -2.43. The number of carbonyl (C=O) groups is 1. The van der Waals surface area contributed by atoms with Crippen molar-refractivity contribution in [3.05, 3.63) is 102 Å². The molecule has 184 valence electrons. The van der Waals surface area contributed by atoms with Crippen LogP contribution in [-0.2, 0) is 5.60 Å². The highest BCUT2D eigenvalue weighted by Gasteiger charge is 2.34. The average molecular weight is 480 g/mol. The number of hydrogen-bond donors (Lipinski definition) is 2. The Morgan fingerprint density at radius 1 is 1.00 bits per heavy atom. The molecule has 2 N–H and O–H groups in total. The fourth-order valence-electron chi connectivity index (χ4n) is 4.83. The Bertz CT molecular complexity index is 1220. The van der Waals surface area contributed by atoms with Gasteiger partial charge >= 0.3 is 0 Å². The number of nitriles is 1. The molecule has 5 heteroatoms. The molecule has 1 amide bonds. The highest BCUT2D eigenvalue weighted by molar-refractivity contribution is 5.94. The summed E-state index contributed by atoms with van der Waals surface area (Å²) in [6.45, 7) is 7.21. The van der Waals surface area contributed by atoms with Crippen molar-refractivity contribution in [2.24, 2.45) is 0 Å². The molecule has 0 saturated carbocycles. The van der Waals surface area contributed by atoms with Crippen molar-refractivity contribution < 1.29 is 9.90 Å². The van der Waals surface area contributed by atoms with E-state index in [9.17, 15) is 9.90 Å². The minimum Gasteiger partial charge on any atom is -0.385 e. The minimum absolute atomic E-state index is 0.0645. The maximum Gasteiger partial charge on any atom is 0.251 e. The zero-order valence-electron chi connectivity index (χ0n) is 20.6. The second-order valence-corrected chi connectivity index (χ2v) is 9.39. The summed E-state index contributed by atoms with van der Waals surface area (Å²) in [6, 6.07) is 25.0. The number of carbonyl (C=O) groups excluding carboxylic acids is 1. The number of aliphatic hydroxyl groups is 1. The molecule has 5 nitrogen and oxygen atoms in total. The molecule has 0 aliphatic carbocycles. The summed E-state index contributed by atoms with van der Waals surface area (Å²) < 4.78 is 0. The SMILES string of the molecule is C=Cc1ccccc1C1(O)CCN(CCCCNC(=O)c2ccc(-c3ccc(C#N)cc3)cc2)CC1. The number of piperidine rings is 1. The Hall–Kier alpha value is -3.72. The van der Waals surface area contributed by atoms with Gasteiger partial charge < -0.3 is 15.3 Å². The average Bonchev–Trinajstić information content (AvgIpc) is 2.94. The van der Waals surface area contributed by atoms with Crippen LogP contribution in [0.2, 0.25) is 0 Å². The molecule has 1 aliphatic heterocycles. The molecule has 1 saturated heterocycles. The molecule has 3 aromatic carbocycles. The number of likely N-dealkylation sites (tertiary alicyclic amines) is 1. The van der Waals surface area contributed by atoms with E-state index in [4.69, 9.17) is 5.26 Å². The third-order valence-electron chi connectivity index (χ3n) is 7.05. The van der Waals surface area contributed by atoms with E-state index in [2.05, 4.69) is 22.9 Å². The monoisotopic (exact) mass is 479 g/mol. The van der Waals surface area contributed by atoms with Crippen LogP contribution >= 0.6 is 0 Å². The quantitative estimate of drug-likeness (QED) is 0.405. The summed E-state index contributed by atoms with van der Waals surface area (Å²) in [6.07, 6.45) is 5.16. The number of nitrogens with zero attached hydrogens (tertiary/aromatic N) is 2. The lowest BCUT2D eigenvalue weighted by Gasteiger charge is -2.39. The Kier molecular flexibility index (Phi) is 8.32. The lowest BCUT2D eigenvalue weighted by atomic mass is 9.82. The van der Waals surface area contributed by atoms with Gasteiger partial charge in [0.25, 0.3) is 5.91 Å². The predicted octanol–water partition coefficient (Wildman–Crippen LogP) is 5.36. The maximum atomic E-state index is 12.5. The number of hydrogen-bond acceptors (Lipinski definition) is 4. The number of unbranched alkanes of at least 4 members (excludes halogenated alkanes) is 1. The standard InChI is InChI=1S/C31H33N3O2/c1-2-25-7-3-4-8-29(25)31(36)17-21-34(22-18-31)20-6-5-19-33-30(35)28-15-13-27(14-16-28)26-11-9-24(23-32)10-12-26/h2-4,7-16,36H,1,5-6,17-22H2,(H,33,35). The van der Waals surface area contributed by atoms with Gasteiger partial charge in [-0.2, -0.15) is 5.26 Å². The molecule has 0 spiro atoms. The van der Waals surface area contributed by atoms with Crippen molar-refractivity contribution in [3.8, 4) is 17.2 Å². The molecule has 36 heavy (non-hydrogen) atoms. The fraction of sp³-hybridized carbons (Fsp3) is 0.290. The topological polar surface area (TPSA) is 76.4 Å². The molecule has 3 aromatic rings. The van der Waals surface area contributed by atoms with Crippen LogP contribution in [0.5, 0.6) is 0 Å². The first-order valence-corrected chi connectivity index (χ1v) is 12.6. The van der Waals surface area contributed by atoms with Gasteiger partial charge in [-0.25, -0.2) is 0 Å². The van der Waals surface area contributed by atoms with E-state index in [0.29, 0.717) is 30.5 Å². The number of rotatable bonds is 9. The third-order valence-corrected chi connectivity index (χ3v) is 7.05. The van der Waals surface area contributed by atoms with Gasteiger partial charge in [0.15, 0.2) is 0 Å². The molecule has 4 rings (SSSR count). The van der Waals surface area contributed by atoms with Gasteiger partial charge in [-0.15, -0.1) is 0 Å². The molecular formula is C31H33N3O2. The molecule has 1 aliphatic rings. The lowest BCUT2D eigenvalue weighted by molar-refractivity contribution is -0.0262. The zero-order valence-corrected chi connectivity index (χ0v) is 20.6. The van der Waals surface area contributed by atoms with Crippen LogP contribution in [0, 0.1) is 11.3 Å². The van der Waals surface area contributed by atoms with Gasteiger partial charge in [0.05, 0.1) is 17.2 Å². The Labute approximate surface area is 213 Å². The van der Waals surface area contributed by atoms with E-state index in [-0.39, 0.29) is 5.91 Å². The van der Waals surface area contributed by atoms with Gasteiger partial charge in [-0.3, -0.25) is 4.79 Å². The van der Waals surface area contributed by atoms with Crippen LogP contribution in [0.1, 0.15) is 52.7 Å². The molecule has 0 aromatic heterocycles. The van der Waals surface area contributed by atoms with E-state index in [0.717, 1.165) is 54.7 Å². The second-order valence-electron chi connectivity index (χ2n) is 9.39. The molecule has 0 atom stereocenters. The molecule has 1 fully saturated rings. The minimum atomic E-state index is -0.787. The van der Waals surface area contributed by atoms with Crippen LogP contribution in [0.15, 0.2) is 79.4 Å². The van der Waals surface area contributed by atoms with Crippen molar-refractivity contribution in [2.45, 2.75) is 31.3 Å². The predicted molar refractivity (Wildman–Crippen MR) is 144 cm³/mol. The van der Waals surface area contributed by atoms with Crippen LogP contribution in [0.3, 0.4) is 0 Å². The van der Waals surface area contributed by atoms with E-state index in [1.54, 1.807) is 12.1 Å². The number of benzene rings is 3. The van der Waals surface area contributed by atoms with Crippen molar-refractivity contribution in [2.75, 3.05) is 26.2 Å². The van der Waals surface area contributed by atoms with E-state index in [1.165, 1.54) is 0 Å². The summed E-state index contributed by atoms with van der Waals surface area (Å²) in [5.41, 5.74) is 4.50. The summed E-state index contributed by atoms with van der Waals surface area (Å²) >= 11 is 0. The summed E-state index contributed by atoms with van der Waals surface area (Å²) in [7, 11) is 0. The van der Waals surface area contributed by atoms with Gasteiger partial charge in [0.1, 0.15) is 0 Å². The second kappa shape index (κ2) is 11.8. The van der Waals surface area contributed by atoms with Crippen molar-refractivity contribution >= 4 is 12.0 Å². The Balaban J connectivity index is 1.17. The molecule has 0 unspecified atom stereocenters. The molecule has 0 bridgehead atoms. The fourth-order valence-corrected chi connectivity index (χ4v) is 4.83. The highest BCUT2D eigenvalue weighted by Crippen LogP contribution is 2.35. The first-order valence-electron chi connectivity index (χ1n) is 12.6. The van der Waals surface area contributed by atoms with Crippen molar-refractivity contribution in [1.82, 2.24) is 10.2 Å². The van der Waals surface area contributed by atoms with Crippen LogP contribution in [-0.4, -0.2) is 42.1 Å². The Morgan fingerprint density at radius 2 is 1.64 bits per heavy atom. The smallest absolute Gasteiger partial charge is 0.251 e. The van der Waals surface area contributed by atoms with Crippen molar-refractivity contribution in [3.63, 3.8) is 0 Å². The number of amides is 1. The van der Waals surface area contributed by atoms with Gasteiger partial charge in [-0.1, -0.05) is 61.2 Å². The van der Waals surface area contributed by atoms with E-state index < -0.39 is 5.60 Å². The van der Waals surface area contributed by atoms with Crippen LogP contribution < -0.4 is 5.32 Å². The first-order chi connectivity index (χ1) is 17.5. The third kappa shape index (κ3) is 6.09. The largest absolute Gasteiger partial charge is 0.385 e. The van der Waals surface area contributed by atoms with Gasteiger partial charge in [0.2, 0.25) is 0 Å². The van der Waals surface area contributed by atoms with E-state index in [1.807, 2.05) is 66.7 Å². The normalized spacial score (nSPS) is 15.1. The highest BCUT2D eigenvalue weighted by atomic mass is 16.3. The molecule has 1 heterocycles. The zero-order chi connectivity index (χ0) is 25.4. The van der Waals surface area contributed by atoms with Crippen LogP contribution in [0.25, 0.3) is 17.2 Å². The Morgan fingerprint density at radius 3 is 2.28 bits per heavy atom. The van der Waals surface area contributed by atoms with E-state index >= 15 is 0 Å². The molecular weight excluding hydrogens is 446 g/mol. The summed E-state index contributed by atoms with van der Waals surface area (Å²) in [5, 5.41) is 23.2. The first kappa shape index (κ1) is 25.4. The number of nitrogens with one attached hydrogen (secondary N) is 1. The van der Waals surface area contributed by atoms with Crippen molar-refractivity contribution in [1.29, 1.82) is 5.26 Å². The van der Waals surface area contributed by atoms with Crippen LogP contribution in [0.4, 0.5) is 0 Å². The molecule has 0 radical (unpaired) electrons. The summed E-state index contributed by atoms with van der Waals surface area (Å²) in [4.78, 5) is 14.9. The van der Waals surface area contributed by atoms with Gasteiger partial charge in [0, 0.05) is 25.2 Å². The van der Waals surface area contributed by atoms with Gasteiger partial charge in [-0.05, 0) is 78.7 Å². The summed E-state index contributed by atoms with van der Waals surface area (Å²) in [5.74, 6) is -0.0645. The maximum absolute atomic E-state index is 12.5.